The van der Waals surface area contributed by atoms with Gasteiger partial charge < -0.3 is 9.88 Å². The lowest BCUT2D eigenvalue weighted by atomic mass is 9.78. The molecule has 6 heteroatoms. The predicted molar refractivity (Wildman–Crippen MR) is 89.4 cm³/mol. The van der Waals surface area contributed by atoms with Crippen molar-refractivity contribution in [2.75, 3.05) is 0 Å². The lowest BCUT2D eigenvalue weighted by Crippen LogP contribution is -2.30. The van der Waals surface area contributed by atoms with E-state index >= 15 is 0 Å². The lowest BCUT2D eigenvalue weighted by molar-refractivity contribution is -0.123. The molecule has 0 saturated heterocycles. The van der Waals surface area contributed by atoms with Crippen LogP contribution in [0.3, 0.4) is 0 Å². The Balaban J connectivity index is 1.48. The molecule has 2 aromatic rings. The molecule has 1 heterocycles. The lowest BCUT2D eigenvalue weighted by Gasteiger charge is -2.26. The van der Waals surface area contributed by atoms with Crippen LogP contribution in [0.15, 0.2) is 24.3 Å². The Bertz CT molecular complexity index is 824. The van der Waals surface area contributed by atoms with Gasteiger partial charge in [0.25, 0.3) is 0 Å². The summed E-state index contributed by atoms with van der Waals surface area (Å²) in [6.45, 7) is 0.413. The van der Waals surface area contributed by atoms with E-state index in [9.17, 15) is 4.79 Å². The summed E-state index contributed by atoms with van der Waals surface area (Å²) in [6.07, 6.45) is 4.40. The number of nitrogens with one attached hydrogen (secondary N) is 2. The van der Waals surface area contributed by atoms with Crippen LogP contribution in [0.1, 0.15) is 36.2 Å². The molecule has 1 aromatic heterocycles. The minimum atomic E-state index is 0.0792. The number of rotatable bonds is 3. The van der Waals surface area contributed by atoms with E-state index < -0.39 is 0 Å². The van der Waals surface area contributed by atoms with Crippen LogP contribution in [0.2, 0.25) is 0 Å². The number of aromatic nitrogens is 3. The first-order chi connectivity index (χ1) is 11.1. The molecule has 2 aliphatic rings. The van der Waals surface area contributed by atoms with E-state index in [-0.39, 0.29) is 17.2 Å². The van der Waals surface area contributed by atoms with Crippen molar-refractivity contribution < 1.29 is 4.79 Å². The van der Waals surface area contributed by atoms with E-state index in [1.807, 2.05) is 7.05 Å². The van der Waals surface area contributed by atoms with Gasteiger partial charge in [-0.3, -0.25) is 9.89 Å². The van der Waals surface area contributed by atoms with Crippen molar-refractivity contribution in [1.29, 1.82) is 0 Å². The smallest absolute Gasteiger partial charge is 0.224 e. The summed E-state index contributed by atoms with van der Waals surface area (Å²) in [7, 11) is 1.85. The van der Waals surface area contributed by atoms with Crippen LogP contribution in [-0.4, -0.2) is 20.7 Å². The fourth-order valence-corrected chi connectivity index (χ4v) is 4.15. The zero-order valence-electron chi connectivity index (χ0n) is 13.1. The van der Waals surface area contributed by atoms with Crippen molar-refractivity contribution in [2.24, 2.45) is 13.0 Å². The summed E-state index contributed by atoms with van der Waals surface area (Å²) in [5.74, 6) is 0.980. The number of amides is 1. The Labute approximate surface area is 140 Å². The topological polar surface area (TPSA) is 62.7 Å². The van der Waals surface area contributed by atoms with Crippen LogP contribution in [-0.2, 0) is 30.2 Å². The highest BCUT2D eigenvalue weighted by Gasteiger charge is 2.59. The number of carbonyl (C=O) groups excluding carboxylic acids is 1. The van der Waals surface area contributed by atoms with E-state index in [1.54, 1.807) is 4.57 Å². The standard InChI is InChI=1S/C17H20N4OS/c1-21-14(19-20-16(21)23)10-18-15(22)13-9-17(13)8-4-6-11-5-2-3-7-12(11)17/h2-3,5,7,13H,4,6,8-10H2,1H3,(H,18,22)(H,20,23)/t13-,17-/m1/s1. The monoisotopic (exact) mass is 328 g/mol. The first-order valence-corrected chi connectivity index (χ1v) is 8.49. The molecule has 0 bridgehead atoms. The van der Waals surface area contributed by atoms with Crippen molar-refractivity contribution in [3.05, 3.63) is 46.0 Å². The molecule has 2 N–H and O–H groups in total. The SMILES string of the molecule is Cn1c(CNC(=O)[C@H]2C[C@@]23CCCc2ccccc23)n[nH]c1=S. The van der Waals surface area contributed by atoms with Crippen LogP contribution in [0.5, 0.6) is 0 Å². The van der Waals surface area contributed by atoms with E-state index in [2.05, 4.69) is 39.8 Å². The third-order valence-electron chi connectivity index (χ3n) is 5.41. The summed E-state index contributed by atoms with van der Waals surface area (Å²) in [6, 6.07) is 8.60. The second-order valence-electron chi connectivity index (χ2n) is 6.65. The molecule has 1 fully saturated rings. The first-order valence-electron chi connectivity index (χ1n) is 8.08. The molecule has 1 spiro atoms. The fraction of sp³-hybridized carbons (Fsp3) is 0.471. The predicted octanol–water partition coefficient (Wildman–Crippen LogP) is 2.39. The molecule has 5 nitrogen and oxygen atoms in total. The van der Waals surface area contributed by atoms with Gasteiger partial charge in [-0.05, 0) is 49.0 Å². The number of benzene rings is 1. The van der Waals surface area contributed by atoms with Gasteiger partial charge in [0, 0.05) is 18.4 Å². The van der Waals surface area contributed by atoms with Crippen molar-refractivity contribution in [1.82, 2.24) is 20.1 Å². The van der Waals surface area contributed by atoms with Gasteiger partial charge in [-0.2, -0.15) is 5.10 Å². The summed E-state index contributed by atoms with van der Waals surface area (Å²) >= 11 is 5.09. The summed E-state index contributed by atoms with van der Waals surface area (Å²) in [5, 5.41) is 9.91. The van der Waals surface area contributed by atoms with Crippen LogP contribution in [0.25, 0.3) is 0 Å². The molecule has 1 aromatic carbocycles. The van der Waals surface area contributed by atoms with Crippen LogP contribution in [0.4, 0.5) is 0 Å². The first kappa shape index (κ1) is 14.6. The Hall–Kier alpha value is -1.95. The quantitative estimate of drug-likeness (QED) is 0.851. The molecule has 0 aliphatic heterocycles. The molecule has 1 saturated carbocycles. The van der Waals surface area contributed by atoms with Crippen LogP contribution in [0, 0.1) is 10.7 Å². The number of hydrogen-bond acceptors (Lipinski definition) is 3. The summed E-state index contributed by atoms with van der Waals surface area (Å²) in [5.41, 5.74) is 2.89. The number of H-pyrrole nitrogens is 1. The van der Waals surface area contributed by atoms with Gasteiger partial charge in [0.2, 0.25) is 5.91 Å². The van der Waals surface area contributed by atoms with Crippen molar-refractivity contribution >= 4 is 18.1 Å². The van der Waals surface area contributed by atoms with E-state index in [1.165, 1.54) is 17.5 Å². The Morgan fingerprint density at radius 1 is 1.52 bits per heavy atom. The van der Waals surface area contributed by atoms with E-state index in [4.69, 9.17) is 12.2 Å². The molecule has 2 atom stereocenters. The number of nitrogens with zero attached hydrogens (tertiary/aromatic N) is 2. The minimum Gasteiger partial charge on any atom is -0.349 e. The second kappa shape index (κ2) is 5.30. The maximum absolute atomic E-state index is 12.6. The number of hydrogen-bond donors (Lipinski definition) is 2. The summed E-state index contributed by atoms with van der Waals surface area (Å²) < 4.78 is 2.35. The number of carbonyl (C=O) groups is 1. The highest BCUT2D eigenvalue weighted by atomic mass is 32.1. The fourth-order valence-electron chi connectivity index (χ4n) is 4.00. The minimum absolute atomic E-state index is 0.0792. The largest absolute Gasteiger partial charge is 0.349 e. The molecule has 120 valence electrons. The molecule has 2 aliphatic carbocycles. The Kier molecular flexibility index (Phi) is 3.37. The van der Waals surface area contributed by atoms with Gasteiger partial charge >= 0.3 is 0 Å². The molecule has 1 amide bonds. The molecule has 0 radical (unpaired) electrons. The average molecular weight is 328 g/mol. The normalized spacial score (nSPS) is 25.2. The van der Waals surface area contributed by atoms with Gasteiger partial charge in [-0.1, -0.05) is 24.3 Å². The van der Waals surface area contributed by atoms with Gasteiger partial charge in [0.15, 0.2) is 10.6 Å². The van der Waals surface area contributed by atoms with Gasteiger partial charge in [0.05, 0.1) is 6.54 Å². The number of aryl methyl sites for hydroxylation is 1. The van der Waals surface area contributed by atoms with Crippen molar-refractivity contribution in [3.63, 3.8) is 0 Å². The number of aromatic amines is 1. The van der Waals surface area contributed by atoms with Crippen LogP contribution < -0.4 is 5.32 Å². The van der Waals surface area contributed by atoms with Crippen LogP contribution >= 0.6 is 12.2 Å². The second-order valence-corrected chi connectivity index (χ2v) is 7.03. The molecule has 23 heavy (non-hydrogen) atoms. The zero-order valence-corrected chi connectivity index (χ0v) is 13.9. The maximum atomic E-state index is 12.6. The average Bonchev–Trinajstić information content (AvgIpc) is 3.20. The maximum Gasteiger partial charge on any atom is 0.224 e. The van der Waals surface area contributed by atoms with Gasteiger partial charge in [0.1, 0.15) is 0 Å². The number of fused-ring (bicyclic) bond motifs is 2. The highest BCUT2D eigenvalue weighted by Crippen LogP contribution is 2.60. The third kappa shape index (κ3) is 2.32. The van der Waals surface area contributed by atoms with Crippen molar-refractivity contribution in [2.45, 2.75) is 37.6 Å². The molecule has 4 rings (SSSR count). The summed E-state index contributed by atoms with van der Waals surface area (Å²) in [4.78, 5) is 12.6. The van der Waals surface area contributed by atoms with E-state index in [0.717, 1.165) is 25.1 Å². The Morgan fingerprint density at radius 2 is 2.35 bits per heavy atom. The highest BCUT2D eigenvalue weighted by molar-refractivity contribution is 7.71. The molecular formula is C17H20N4OS. The zero-order chi connectivity index (χ0) is 16.0. The van der Waals surface area contributed by atoms with E-state index in [0.29, 0.717) is 11.3 Å². The van der Waals surface area contributed by atoms with Crippen molar-refractivity contribution in [3.8, 4) is 0 Å². The van der Waals surface area contributed by atoms with Gasteiger partial charge in [-0.25, -0.2) is 0 Å². The third-order valence-corrected chi connectivity index (χ3v) is 5.77. The molecule has 0 unspecified atom stereocenters. The molecular weight excluding hydrogens is 308 g/mol. The Morgan fingerprint density at radius 3 is 3.13 bits per heavy atom. The van der Waals surface area contributed by atoms with Gasteiger partial charge in [-0.15, -0.1) is 0 Å².